The van der Waals surface area contributed by atoms with Gasteiger partial charge in [0.15, 0.2) is 0 Å². The fourth-order valence-electron chi connectivity index (χ4n) is 2.05. The summed E-state index contributed by atoms with van der Waals surface area (Å²) < 4.78 is 2.06. The van der Waals surface area contributed by atoms with Gasteiger partial charge in [-0.15, -0.1) is 0 Å². The molecule has 0 unspecified atom stereocenters. The first kappa shape index (κ1) is 11.6. The van der Waals surface area contributed by atoms with E-state index in [1.54, 1.807) is 6.20 Å². The van der Waals surface area contributed by atoms with E-state index in [-0.39, 0.29) is 0 Å². The molecule has 0 aliphatic carbocycles. The Bertz CT molecular complexity index is 611. The number of imidazole rings is 1. The van der Waals surface area contributed by atoms with E-state index in [2.05, 4.69) is 50.2 Å². The summed E-state index contributed by atoms with van der Waals surface area (Å²) in [5.41, 5.74) is 3.57. The van der Waals surface area contributed by atoms with Crippen LogP contribution < -0.4 is 5.32 Å². The van der Waals surface area contributed by atoms with E-state index in [4.69, 9.17) is 0 Å². The van der Waals surface area contributed by atoms with E-state index in [1.165, 1.54) is 11.3 Å². The zero-order valence-corrected chi connectivity index (χ0v) is 10.6. The van der Waals surface area contributed by atoms with Gasteiger partial charge >= 0.3 is 0 Å². The molecular weight excluding hydrogens is 236 g/mol. The molecule has 0 aliphatic heterocycles. The number of hydrogen-bond donors (Lipinski definition) is 2. The predicted octanol–water partition coefficient (Wildman–Crippen LogP) is 2.87. The Morgan fingerprint density at radius 1 is 1.21 bits per heavy atom. The van der Waals surface area contributed by atoms with Crippen LogP contribution in [0.2, 0.25) is 0 Å². The van der Waals surface area contributed by atoms with Gasteiger partial charge in [0.1, 0.15) is 0 Å². The van der Waals surface area contributed by atoms with Crippen molar-refractivity contribution in [3.63, 3.8) is 0 Å². The van der Waals surface area contributed by atoms with Crippen molar-refractivity contribution in [2.75, 3.05) is 5.32 Å². The molecule has 1 aromatic carbocycles. The van der Waals surface area contributed by atoms with Crippen LogP contribution >= 0.6 is 0 Å². The quantitative estimate of drug-likeness (QED) is 0.733. The van der Waals surface area contributed by atoms with Gasteiger partial charge in [0.05, 0.1) is 12.9 Å². The molecular formula is C15H16N4. The van der Waals surface area contributed by atoms with Gasteiger partial charge in [0.25, 0.3) is 0 Å². The zero-order chi connectivity index (χ0) is 12.9. The fraction of sp³-hybridized carbons (Fsp3) is 0.133. The molecule has 0 saturated carbocycles. The van der Waals surface area contributed by atoms with Gasteiger partial charge < -0.3 is 14.9 Å². The molecule has 2 aromatic heterocycles. The number of benzene rings is 1. The first-order valence-electron chi connectivity index (χ1n) is 6.31. The standard InChI is InChI=1S/C15H16N4/c1-3-13(11-19-8-7-16-12-19)9-14(4-1)18-10-15-5-2-6-17-15/h1-9,12,17-18H,10-11H2. The summed E-state index contributed by atoms with van der Waals surface area (Å²) in [5.74, 6) is 0. The van der Waals surface area contributed by atoms with Gasteiger partial charge in [-0.1, -0.05) is 12.1 Å². The molecule has 3 aromatic rings. The minimum atomic E-state index is 0.807. The Morgan fingerprint density at radius 3 is 3.00 bits per heavy atom. The van der Waals surface area contributed by atoms with Gasteiger partial charge in [0, 0.05) is 36.5 Å². The number of nitrogens with zero attached hydrogens (tertiary/aromatic N) is 2. The van der Waals surface area contributed by atoms with Crippen molar-refractivity contribution in [2.45, 2.75) is 13.1 Å². The van der Waals surface area contributed by atoms with Crippen LogP contribution in [0, 0.1) is 0 Å². The summed E-state index contributed by atoms with van der Waals surface area (Å²) in [4.78, 5) is 7.24. The van der Waals surface area contributed by atoms with E-state index in [9.17, 15) is 0 Å². The Balaban J connectivity index is 1.66. The maximum absolute atomic E-state index is 4.05. The highest BCUT2D eigenvalue weighted by molar-refractivity contribution is 5.46. The number of hydrogen-bond acceptors (Lipinski definition) is 2. The second kappa shape index (κ2) is 5.44. The lowest BCUT2D eigenvalue weighted by Gasteiger charge is -2.08. The van der Waals surface area contributed by atoms with Gasteiger partial charge in [-0.25, -0.2) is 4.98 Å². The van der Waals surface area contributed by atoms with Crippen LogP contribution in [0.1, 0.15) is 11.3 Å². The topological polar surface area (TPSA) is 45.6 Å². The van der Waals surface area contributed by atoms with E-state index in [0.717, 1.165) is 18.8 Å². The minimum Gasteiger partial charge on any atom is -0.379 e. The van der Waals surface area contributed by atoms with Crippen molar-refractivity contribution in [3.8, 4) is 0 Å². The summed E-state index contributed by atoms with van der Waals surface area (Å²) in [7, 11) is 0. The Hall–Kier alpha value is -2.49. The van der Waals surface area contributed by atoms with E-state index in [0.29, 0.717) is 0 Å². The number of aromatic amines is 1. The molecule has 0 atom stereocenters. The van der Waals surface area contributed by atoms with Crippen molar-refractivity contribution in [1.29, 1.82) is 0 Å². The van der Waals surface area contributed by atoms with Crippen molar-refractivity contribution in [2.24, 2.45) is 0 Å². The molecule has 4 heteroatoms. The van der Waals surface area contributed by atoms with Gasteiger partial charge in [-0.05, 0) is 29.8 Å². The van der Waals surface area contributed by atoms with Gasteiger partial charge in [-0.3, -0.25) is 0 Å². The third-order valence-corrected chi connectivity index (χ3v) is 3.00. The second-order valence-electron chi connectivity index (χ2n) is 4.48. The third-order valence-electron chi connectivity index (χ3n) is 3.00. The zero-order valence-electron chi connectivity index (χ0n) is 10.6. The van der Waals surface area contributed by atoms with Crippen LogP contribution in [0.25, 0.3) is 0 Å². The monoisotopic (exact) mass is 252 g/mol. The largest absolute Gasteiger partial charge is 0.379 e. The lowest BCUT2D eigenvalue weighted by atomic mass is 10.2. The summed E-state index contributed by atoms with van der Waals surface area (Å²) >= 11 is 0. The van der Waals surface area contributed by atoms with Crippen molar-refractivity contribution in [3.05, 3.63) is 72.6 Å². The lowest BCUT2D eigenvalue weighted by Crippen LogP contribution is -2.01. The van der Waals surface area contributed by atoms with Gasteiger partial charge in [0.2, 0.25) is 0 Å². The average molecular weight is 252 g/mol. The normalized spacial score (nSPS) is 10.5. The van der Waals surface area contributed by atoms with E-state index in [1.807, 2.05) is 24.8 Å². The molecule has 3 rings (SSSR count). The Labute approximate surface area is 112 Å². The molecule has 0 bridgehead atoms. The molecule has 2 heterocycles. The first-order valence-corrected chi connectivity index (χ1v) is 6.31. The smallest absolute Gasteiger partial charge is 0.0949 e. The molecule has 0 aliphatic rings. The average Bonchev–Trinajstić information content (AvgIpc) is 3.10. The Morgan fingerprint density at radius 2 is 2.21 bits per heavy atom. The summed E-state index contributed by atoms with van der Waals surface area (Å²) in [5, 5.41) is 3.41. The summed E-state index contributed by atoms with van der Waals surface area (Å²) in [6.45, 7) is 1.65. The van der Waals surface area contributed by atoms with Crippen molar-refractivity contribution >= 4 is 5.69 Å². The molecule has 19 heavy (non-hydrogen) atoms. The molecule has 96 valence electrons. The number of anilines is 1. The molecule has 0 amide bonds. The highest BCUT2D eigenvalue weighted by Crippen LogP contribution is 2.13. The van der Waals surface area contributed by atoms with Crippen molar-refractivity contribution < 1.29 is 0 Å². The lowest BCUT2D eigenvalue weighted by molar-refractivity contribution is 0.797. The number of rotatable bonds is 5. The highest BCUT2D eigenvalue weighted by Gasteiger charge is 1.98. The summed E-state index contributed by atoms with van der Waals surface area (Å²) in [6, 6.07) is 12.5. The fourth-order valence-corrected chi connectivity index (χ4v) is 2.05. The molecule has 2 N–H and O–H groups in total. The second-order valence-corrected chi connectivity index (χ2v) is 4.48. The predicted molar refractivity (Wildman–Crippen MR) is 75.9 cm³/mol. The minimum absolute atomic E-state index is 0.807. The van der Waals surface area contributed by atoms with Crippen LogP contribution in [-0.2, 0) is 13.1 Å². The van der Waals surface area contributed by atoms with E-state index >= 15 is 0 Å². The van der Waals surface area contributed by atoms with Gasteiger partial charge in [-0.2, -0.15) is 0 Å². The number of aromatic nitrogens is 3. The molecule has 4 nitrogen and oxygen atoms in total. The molecule has 0 fully saturated rings. The van der Waals surface area contributed by atoms with Crippen molar-refractivity contribution in [1.82, 2.24) is 14.5 Å². The van der Waals surface area contributed by atoms with Crippen LogP contribution in [-0.4, -0.2) is 14.5 Å². The van der Waals surface area contributed by atoms with E-state index < -0.39 is 0 Å². The third kappa shape index (κ3) is 3.04. The number of nitrogens with one attached hydrogen (secondary N) is 2. The molecule has 0 radical (unpaired) electrons. The van der Waals surface area contributed by atoms with Crippen LogP contribution in [0.4, 0.5) is 5.69 Å². The number of H-pyrrole nitrogens is 1. The highest BCUT2D eigenvalue weighted by atomic mass is 15.0. The molecule has 0 spiro atoms. The maximum atomic E-state index is 4.05. The molecule has 0 saturated heterocycles. The summed E-state index contributed by atoms with van der Waals surface area (Å²) in [6.07, 6.45) is 7.54. The maximum Gasteiger partial charge on any atom is 0.0949 e. The first-order chi connectivity index (χ1) is 9.40. The van der Waals surface area contributed by atoms with Crippen LogP contribution in [0.15, 0.2) is 61.3 Å². The van der Waals surface area contributed by atoms with Crippen LogP contribution in [0.3, 0.4) is 0 Å². The Kier molecular flexibility index (Phi) is 3.32. The van der Waals surface area contributed by atoms with Crippen LogP contribution in [0.5, 0.6) is 0 Å². The SMILES string of the molecule is c1cc(Cn2ccnc2)cc(NCc2ccc[nH]2)c1.